The van der Waals surface area contributed by atoms with Crippen molar-refractivity contribution in [1.82, 2.24) is 4.90 Å². The molecule has 0 aliphatic carbocycles. The van der Waals surface area contributed by atoms with E-state index < -0.39 is 24.0 Å². The average Bonchev–Trinajstić information content (AvgIpc) is 2.83. The lowest BCUT2D eigenvalue weighted by Crippen LogP contribution is -2.43. The van der Waals surface area contributed by atoms with Crippen molar-refractivity contribution in [2.45, 2.75) is 18.6 Å². The molecule has 0 radical (unpaired) electrons. The molecule has 2 amide bonds. The number of amides is 2. The fourth-order valence-electron chi connectivity index (χ4n) is 1.85. The maximum atomic E-state index is 13.2. The number of primary amides is 1. The molecule has 1 saturated heterocycles. The minimum atomic E-state index is -1.23. The van der Waals surface area contributed by atoms with E-state index in [1.165, 1.54) is 6.07 Å². The average molecular weight is 305 g/mol. The second kappa shape index (κ2) is 4.48. The Morgan fingerprint density at radius 3 is 2.76 bits per heavy atom. The summed E-state index contributed by atoms with van der Waals surface area (Å²) in [6.45, 7) is -0.134. The maximum Gasteiger partial charge on any atom is 0.290 e. The van der Waals surface area contributed by atoms with Gasteiger partial charge in [-0.25, -0.2) is 4.39 Å². The summed E-state index contributed by atoms with van der Waals surface area (Å²) >= 11 is 3.06. The zero-order valence-electron chi connectivity index (χ0n) is 8.73. The van der Waals surface area contributed by atoms with Gasteiger partial charge in [-0.2, -0.15) is 0 Å². The molecule has 5 nitrogen and oxygen atoms in total. The molecule has 2 N–H and O–H groups in total. The molecule has 0 unspecified atom stereocenters. The van der Waals surface area contributed by atoms with Gasteiger partial charge >= 0.3 is 0 Å². The molecule has 92 valence electrons. The zero-order valence-corrected chi connectivity index (χ0v) is 10.3. The first kappa shape index (κ1) is 12.1. The van der Waals surface area contributed by atoms with E-state index in [-0.39, 0.29) is 18.7 Å². The van der Waals surface area contributed by atoms with Crippen molar-refractivity contribution in [3.05, 3.63) is 22.6 Å². The molecule has 0 aromatic carbocycles. The molecular formula is C10H10BrFN2O3. The van der Waals surface area contributed by atoms with Crippen molar-refractivity contribution in [2.24, 2.45) is 5.73 Å². The van der Waals surface area contributed by atoms with E-state index in [9.17, 15) is 14.0 Å². The van der Waals surface area contributed by atoms with Crippen LogP contribution < -0.4 is 5.73 Å². The van der Waals surface area contributed by atoms with Crippen LogP contribution in [0.3, 0.4) is 0 Å². The predicted octanol–water partition coefficient (Wildman–Crippen LogP) is 1.08. The molecule has 1 aromatic rings. The smallest absolute Gasteiger partial charge is 0.290 e. The summed E-state index contributed by atoms with van der Waals surface area (Å²) in [4.78, 5) is 24.2. The predicted molar refractivity (Wildman–Crippen MR) is 59.9 cm³/mol. The molecule has 0 saturated carbocycles. The first-order valence-electron chi connectivity index (χ1n) is 4.98. The van der Waals surface area contributed by atoms with Gasteiger partial charge in [-0.15, -0.1) is 0 Å². The Kier molecular flexibility index (Phi) is 3.19. The lowest BCUT2D eigenvalue weighted by atomic mass is 10.2. The van der Waals surface area contributed by atoms with Crippen LogP contribution in [0.15, 0.2) is 21.2 Å². The molecular weight excluding hydrogens is 295 g/mol. The standard InChI is InChI=1S/C10H10BrFN2O3/c11-8-2-1-7(17-8)10(16)14-4-5(12)3-6(14)9(13)15/h1-2,5-6H,3-4H2,(H2,13,15)/t5-,6+/m1/s1. The Balaban J connectivity index is 2.21. The summed E-state index contributed by atoms with van der Waals surface area (Å²) in [6, 6.07) is 2.10. The first-order chi connectivity index (χ1) is 7.99. The fraction of sp³-hybridized carbons (Fsp3) is 0.400. The van der Waals surface area contributed by atoms with Gasteiger partial charge < -0.3 is 15.1 Å². The highest BCUT2D eigenvalue weighted by Gasteiger charge is 2.39. The number of carbonyl (C=O) groups excluding carboxylic acids is 2. The van der Waals surface area contributed by atoms with Crippen LogP contribution >= 0.6 is 15.9 Å². The van der Waals surface area contributed by atoms with Crippen LogP contribution in [-0.4, -0.2) is 35.5 Å². The SMILES string of the molecule is NC(=O)[C@@H]1C[C@@H](F)CN1C(=O)c1ccc(Br)o1. The van der Waals surface area contributed by atoms with Gasteiger partial charge in [0.2, 0.25) is 5.91 Å². The Morgan fingerprint density at radius 2 is 2.24 bits per heavy atom. The Bertz CT molecular complexity index is 462. The number of halogens is 2. The minimum absolute atomic E-state index is 0.0526. The topological polar surface area (TPSA) is 76.5 Å². The molecule has 1 aliphatic heterocycles. The molecule has 0 spiro atoms. The van der Waals surface area contributed by atoms with E-state index in [0.29, 0.717) is 4.67 Å². The van der Waals surface area contributed by atoms with E-state index in [0.717, 1.165) is 4.90 Å². The quantitative estimate of drug-likeness (QED) is 0.888. The van der Waals surface area contributed by atoms with Crippen molar-refractivity contribution >= 4 is 27.7 Å². The van der Waals surface area contributed by atoms with Gasteiger partial charge in [-0.05, 0) is 28.1 Å². The Hall–Kier alpha value is -1.37. The number of alkyl halides is 1. The van der Waals surface area contributed by atoms with E-state index >= 15 is 0 Å². The van der Waals surface area contributed by atoms with Crippen molar-refractivity contribution in [3.8, 4) is 0 Å². The normalized spacial score (nSPS) is 24.0. The van der Waals surface area contributed by atoms with Gasteiger partial charge in [-0.3, -0.25) is 9.59 Å². The van der Waals surface area contributed by atoms with Crippen LogP contribution in [0, 0.1) is 0 Å². The third-order valence-corrected chi connectivity index (χ3v) is 3.05. The summed E-state index contributed by atoms with van der Waals surface area (Å²) in [6.07, 6.45) is -1.28. The van der Waals surface area contributed by atoms with Crippen LogP contribution in [0.2, 0.25) is 0 Å². The third kappa shape index (κ3) is 2.33. The number of furan rings is 1. The molecule has 1 aromatic heterocycles. The summed E-state index contributed by atoms with van der Waals surface area (Å²) in [7, 11) is 0. The van der Waals surface area contributed by atoms with Gasteiger partial charge in [0, 0.05) is 6.42 Å². The molecule has 1 aliphatic rings. The van der Waals surface area contributed by atoms with Crippen molar-refractivity contribution in [1.29, 1.82) is 0 Å². The van der Waals surface area contributed by atoms with E-state index in [1.807, 2.05) is 0 Å². The number of likely N-dealkylation sites (tertiary alicyclic amines) is 1. The molecule has 2 heterocycles. The fourth-order valence-corrected chi connectivity index (χ4v) is 2.16. The van der Waals surface area contributed by atoms with Gasteiger partial charge in [0.25, 0.3) is 5.91 Å². The highest BCUT2D eigenvalue weighted by molar-refractivity contribution is 9.10. The molecule has 2 atom stereocenters. The van der Waals surface area contributed by atoms with Gasteiger partial charge in [0.15, 0.2) is 10.4 Å². The number of nitrogens with two attached hydrogens (primary N) is 1. The third-order valence-electron chi connectivity index (χ3n) is 2.62. The van der Waals surface area contributed by atoms with E-state index in [1.54, 1.807) is 6.07 Å². The van der Waals surface area contributed by atoms with Crippen molar-refractivity contribution in [3.63, 3.8) is 0 Å². The number of hydrogen-bond donors (Lipinski definition) is 1. The largest absolute Gasteiger partial charge is 0.444 e. The minimum Gasteiger partial charge on any atom is -0.444 e. The second-order valence-electron chi connectivity index (χ2n) is 3.81. The van der Waals surface area contributed by atoms with E-state index in [4.69, 9.17) is 10.2 Å². The summed E-state index contributed by atoms with van der Waals surface area (Å²) < 4.78 is 18.7. The molecule has 1 fully saturated rings. The lowest BCUT2D eigenvalue weighted by Gasteiger charge is -2.20. The van der Waals surface area contributed by atoms with Crippen LogP contribution in [0.4, 0.5) is 4.39 Å². The number of rotatable bonds is 2. The number of carbonyl (C=O) groups is 2. The van der Waals surface area contributed by atoms with Gasteiger partial charge in [-0.1, -0.05) is 0 Å². The van der Waals surface area contributed by atoms with Crippen molar-refractivity contribution in [2.75, 3.05) is 6.54 Å². The zero-order chi connectivity index (χ0) is 12.6. The molecule has 17 heavy (non-hydrogen) atoms. The molecule has 2 rings (SSSR count). The van der Waals surface area contributed by atoms with Crippen LogP contribution in [0.25, 0.3) is 0 Å². The Morgan fingerprint density at radius 1 is 1.53 bits per heavy atom. The number of hydrogen-bond acceptors (Lipinski definition) is 3. The second-order valence-corrected chi connectivity index (χ2v) is 4.59. The van der Waals surface area contributed by atoms with Crippen LogP contribution in [0.1, 0.15) is 17.0 Å². The summed E-state index contributed by atoms with van der Waals surface area (Å²) in [5.41, 5.74) is 5.13. The van der Waals surface area contributed by atoms with Gasteiger partial charge in [0.1, 0.15) is 12.2 Å². The van der Waals surface area contributed by atoms with Crippen LogP contribution in [-0.2, 0) is 4.79 Å². The highest BCUT2D eigenvalue weighted by Crippen LogP contribution is 2.24. The number of nitrogens with zero attached hydrogens (tertiary/aromatic N) is 1. The lowest BCUT2D eigenvalue weighted by molar-refractivity contribution is -0.121. The highest BCUT2D eigenvalue weighted by atomic mass is 79.9. The maximum absolute atomic E-state index is 13.2. The summed E-state index contributed by atoms with van der Waals surface area (Å²) in [5, 5.41) is 0. The summed E-state index contributed by atoms with van der Waals surface area (Å²) in [5.74, 6) is -1.18. The van der Waals surface area contributed by atoms with Gasteiger partial charge in [0.05, 0.1) is 6.54 Å². The first-order valence-corrected chi connectivity index (χ1v) is 5.78. The van der Waals surface area contributed by atoms with E-state index in [2.05, 4.69) is 15.9 Å². The Labute approximate surface area is 105 Å². The molecule has 0 bridgehead atoms. The molecule has 7 heteroatoms. The monoisotopic (exact) mass is 304 g/mol. The van der Waals surface area contributed by atoms with Crippen molar-refractivity contribution < 1.29 is 18.4 Å². The van der Waals surface area contributed by atoms with Crippen LogP contribution in [0.5, 0.6) is 0 Å².